The first kappa shape index (κ1) is 12.5. The van der Waals surface area contributed by atoms with Gasteiger partial charge >= 0.3 is 0 Å². The summed E-state index contributed by atoms with van der Waals surface area (Å²) >= 11 is 0. The van der Waals surface area contributed by atoms with E-state index < -0.39 is 0 Å². The maximum absolute atomic E-state index is 12.1. The highest BCUT2D eigenvalue weighted by molar-refractivity contribution is 5.79. The predicted molar refractivity (Wildman–Crippen MR) is 77.1 cm³/mol. The van der Waals surface area contributed by atoms with Crippen LogP contribution in [0.3, 0.4) is 0 Å². The van der Waals surface area contributed by atoms with Gasteiger partial charge in [0.2, 0.25) is 5.91 Å². The molecule has 0 aliphatic carbocycles. The molecule has 1 fully saturated rings. The number of amides is 1. The topological polar surface area (TPSA) is 23.6 Å². The van der Waals surface area contributed by atoms with Crippen LogP contribution in [0.2, 0.25) is 0 Å². The third kappa shape index (κ3) is 2.46. The number of likely N-dealkylation sites (tertiary alicyclic amines) is 1. The van der Waals surface area contributed by atoms with Crippen molar-refractivity contribution in [1.29, 1.82) is 0 Å². The Balaban J connectivity index is 1.65. The van der Waals surface area contributed by atoms with Gasteiger partial charge in [-0.25, -0.2) is 0 Å². The number of nitrogens with zero attached hydrogens (tertiary/aromatic N) is 2. The van der Waals surface area contributed by atoms with Crippen LogP contribution in [0.15, 0.2) is 24.3 Å². The molecule has 3 rings (SSSR count). The van der Waals surface area contributed by atoms with E-state index in [4.69, 9.17) is 0 Å². The third-order valence-electron chi connectivity index (χ3n) is 4.32. The van der Waals surface area contributed by atoms with Gasteiger partial charge in [0.15, 0.2) is 0 Å². The summed E-state index contributed by atoms with van der Waals surface area (Å²) in [5.41, 5.74) is 2.73. The minimum Gasteiger partial charge on any atom is -0.353 e. The van der Waals surface area contributed by atoms with E-state index in [1.807, 2.05) is 4.90 Å². The van der Waals surface area contributed by atoms with Crippen LogP contribution in [0.5, 0.6) is 0 Å². The fourth-order valence-corrected chi connectivity index (χ4v) is 3.35. The molecule has 2 heterocycles. The minimum absolute atomic E-state index is 0.336. The molecule has 0 spiro atoms. The van der Waals surface area contributed by atoms with E-state index in [0.29, 0.717) is 11.8 Å². The number of anilines is 1. The van der Waals surface area contributed by atoms with Crippen LogP contribution in [0, 0.1) is 5.92 Å². The van der Waals surface area contributed by atoms with Gasteiger partial charge < -0.3 is 9.80 Å². The maximum atomic E-state index is 12.1. The Morgan fingerprint density at radius 3 is 2.95 bits per heavy atom. The van der Waals surface area contributed by atoms with Gasteiger partial charge in [-0.1, -0.05) is 31.5 Å². The van der Waals surface area contributed by atoms with E-state index in [0.717, 1.165) is 32.6 Å². The van der Waals surface area contributed by atoms with E-state index in [1.54, 1.807) is 0 Å². The van der Waals surface area contributed by atoms with Crippen molar-refractivity contribution in [2.24, 2.45) is 5.92 Å². The zero-order chi connectivity index (χ0) is 13.2. The second-order valence-electron chi connectivity index (χ2n) is 5.76. The van der Waals surface area contributed by atoms with Crippen LogP contribution >= 0.6 is 0 Å². The van der Waals surface area contributed by atoms with E-state index in [1.165, 1.54) is 24.1 Å². The number of para-hydroxylation sites is 1. The molecule has 0 aromatic heterocycles. The monoisotopic (exact) mass is 258 g/mol. The Morgan fingerprint density at radius 1 is 1.26 bits per heavy atom. The van der Waals surface area contributed by atoms with E-state index in [2.05, 4.69) is 36.1 Å². The minimum atomic E-state index is 0.336. The molecule has 0 N–H and O–H groups in total. The molecule has 1 unspecified atom stereocenters. The summed E-state index contributed by atoms with van der Waals surface area (Å²) in [5, 5.41) is 0. The van der Waals surface area contributed by atoms with Gasteiger partial charge in [-0.05, 0) is 30.4 Å². The summed E-state index contributed by atoms with van der Waals surface area (Å²) in [6, 6.07) is 8.55. The Kier molecular flexibility index (Phi) is 3.45. The fourth-order valence-electron chi connectivity index (χ4n) is 3.35. The van der Waals surface area contributed by atoms with Gasteiger partial charge in [-0.2, -0.15) is 0 Å². The van der Waals surface area contributed by atoms with E-state index >= 15 is 0 Å². The molecule has 1 saturated heterocycles. The zero-order valence-electron chi connectivity index (χ0n) is 11.6. The number of carbonyl (C=O) groups is 1. The number of fused-ring (bicyclic) bond motifs is 1. The molecular weight excluding hydrogens is 236 g/mol. The van der Waals surface area contributed by atoms with Gasteiger partial charge in [0, 0.05) is 25.2 Å². The van der Waals surface area contributed by atoms with Gasteiger partial charge in [-0.3, -0.25) is 4.79 Å². The highest BCUT2D eigenvalue weighted by Gasteiger charge is 2.31. The number of carbonyl (C=O) groups excluding carboxylic acids is 1. The molecule has 3 heteroatoms. The van der Waals surface area contributed by atoms with Crippen molar-refractivity contribution in [2.45, 2.75) is 32.6 Å². The number of benzene rings is 1. The van der Waals surface area contributed by atoms with Gasteiger partial charge in [0.1, 0.15) is 0 Å². The average Bonchev–Trinajstić information content (AvgIpc) is 2.96. The summed E-state index contributed by atoms with van der Waals surface area (Å²) in [6.45, 7) is 4.97. The van der Waals surface area contributed by atoms with Crippen LogP contribution in [-0.4, -0.2) is 30.6 Å². The normalized spacial score (nSPS) is 22.2. The molecule has 3 nitrogen and oxygen atoms in total. The van der Waals surface area contributed by atoms with Crippen molar-refractivity contribution in [3.05, 3.63) is 29.8 Å². The van der Waals surface area contributed by atoms with Crippen molar-refractivity contribution < 1.29 is 4.79 Å². The summed E-state index contributed by atoms with van der Waals surface area (Å²) in [4.78, 5) is 16.5. The van der Waals surface area contributed by atoms with Gasteiger partial charge in [0.05, 0.1) is 6.67 Å². The van der Waals surface area contributed by atoms with Crippen molar-refractivity contribution >= 4 is 11.6 Å². The smallest absolute Gasteiger partial charge is 0.224 e. The third-order valence-corrected chi connectivity index (χ3v) is 4.32. The second-order valence-corrected chi connectivity index (χ2v) is 5.76. The Hall–Kier alpha value is -1.51. The fraction of sp³-hybridized carbons (Fsp3) is 0.562. The molecule has 1 amide bonds. The number of rotatable bonds is 4. The molecule has 2 aliphatic heterocycles. The van der Waals surface area contributed by atoms with Gasteiger partial charge in [0.25, 0.3) is 0 Å². The van der Waals surface area contributed by atoms with Crippen molar-refractivity contribution in [2.75, 3.05) is 24.7 Å². The van der Waals surface area contributed by atoms with Crippen LogP contribution in [0.1, 0.15) is 31.7 Å². The maximum Gasteiger partial charge on any atom is 0.224 e. The summed E-state index contributed by atoms with van der Waals surface area (Å²) < 4.78 is 0. The van der Waals surface area contributed by atoms with E-state index in [-0.39, 0.29) is 0 Å². The van der Waals surface area contributed by atoms with Crippen LogP contribution in [0.4, 0.5) is 5.69 Å². The van der Waals surface area contributed by atoms with Crippen molar-refractivity contribution in [3.8, 4) is 0 Å². The lowest BCUT2D eigenvalue weighted by molar-refractivity contribution is -0.127. The highest BCUT2D eigenvalue weighted by Crippen LogP contribution is 2.29. The first-order chi connectivity index (χ1) is 9.28. The lowest BCUT2D eigenvalue weighted by Crippen LogP contribution is -2.38. The number of hydrogen-bond donors (Lipinski definition) is 0. The predicted octanol–water partition coefficient (Wildman–Crippen LogP) is 2.66. The Labute approximate surface area is 115 Å². The average molecular weight is 258 g/mol. The molecule has 2 aliphatic rings. The second kappa shape index (κ2) is 5.24. The standard InChI is InChI=1S/C16H22N2O/c1-2-5-13-10-16(19)18(11-13)12-17-9-8-14-6-3-4-7-15(14)17/h3-4,6-7,13H,2,5,8-12H2,1H3. The Bertz CT molecular complexity index is 472. The highest BCUT2D eigenvalue weighted by atomic mass is 16.2. The van der Waals surface area contributed by atoms with Crippen LogP contribution in [-0.2, 0) is 11.2 Å². The van der Waals surface area contributed by atoms with Crippen molar-refractivity contribution in [3.63, 3.8) is 0 Å². The SMILES string of the molecule is CCCC1CC(=O)N(CN2CCc3ccccc32)C1. The number of hydrogen-bond acceptors (Lipinski definition) is 2. The molecule has 0 bridgehead atoms. The molecular formula is C16H22N2O. The van der Waals surface area contributed by atoms with Crippen molar-refractivity contribution in [1.82, 2.24) is 4.90 Å². The lowest BCUT2D eigenvalue weighted by Gasteiger charge is -2.26. The first-order valence-electron chi connectivity index (χ1n) is 7.38. The van der Waals surface area contributed by atoms with Crippen LogP contribution < -0.4 is 4.90 Å². The molecule has 0 radical (unpaired) electrons. The largest absolute Gasteiger partial charge is 0.353 e. The quantitative estimate of drug-likeness (QED) is 0.829. The van der Waals surface area contributed by atoms with E-state index in [9.17, 15) is 4.79 Å². The summed E-state index contributed by atoms with van der Waals surface area (Å²) in [5.74, 6) is 0.915. The first-order valence-corrected chi connectivity index (χ1v) is 7.38. The molecule has 1 aromatic carbocycles. The molecule has 19 heavy (non-hydrogen) atoms. The molecule has 102 valence electrons. The van der Waals surface area contributed by atoms with Crippen LogP contribution in [0.25, 0.3) is 0 Å². The lowest BCUT2D eigenvalue weighted by atomic mass is 10.0. The summed E-state index contributed by atoms with van der Waals surface area (Å²) in [7, 11) is 0. The van der Waals surface area contributed by atoms with Gasteiger partial charge in [-0.15, -0.1) is 0 Å². The zero-order valence-corrected chi connectivity index (χ0v) is 11.6. The molecule has 1 atom stereocenters. The molecule has 0 saturated carbocycles. The molecule has 1 aromatic rings. The Morgan fingerprint density at radius 2 is 2.11 bits per heavy atom. The summed E-state index contributed by atoms with van der Waals surface area (Å²) in [6.07, 6.45) is 4.22.